The predicted molar refractivity (Wildman–Crippen MR) is 101 cm³/mol. The van der Waals surface area contributed by atoms with Crippen molar-refractivity contribution in [2.45, 2.75) is 18.5 Å². The number of aromatic nitrogens is 3. The summed E-state index contributed by atoms with van der Waals surface area (Å²) < 4.78 is 5.35. The van der Waals surface area contributed by atoms with Gasteiger partial charge in [-0.3, -0.25) is 0 Å². The first-order valence-corrected chi connectivity index (χ1v) is 8.61. The number of halogens is 1. The van der Waals surface area contributed by atoms with Gasteiger partial charge in [-0.2, -0.15) is 0 Å². The highest BCUT2D eigenvalue weighted by Crippen LogP contribution is 2.32. The number of nitrogens with zero attached hydrogens (tertiary/aromatic N) is 3. The SMILES string of the molecule is NC1COCCC1Nc1cnc(N=O)c(-c2cc3c(Cl)cccc3[nH]2)n1. The van der Waals surface area contributed by atoms with Crippen LogP contribution in [0.15, 0.2) is 35.6 Å². The number of H-pyrrole nitrogens is 1. The second-order valence-electron chi connectivity index (χ2n) is 6.18. The van der Waals surface area contributed by atoms with E-state index in [-0.39, 0.29) is 17.9 Å². The van der Waals surface area contributed by atoms with Crippen LogP contribution in [0.3, 0.4) is 0 Å². The average molecular weight is 373 g/mol. The molecule has 134 valence electrons. The van der Waals surface area contributed by atoms with E-state index in [9.17, 15) is 4.91 Å². The summed E-state index contributed by atoms with van der Waals surface area (Å²) in [6.45, 7) is 1.13. The zero-order valence-corrected chi connectivity index (χ0v) is 14.5. The number of hydrogen-bond acceptors (Lipinski definition) is 7. The highest BCUT2D eigenvalue weighted by molar-refractivity contribution is 6.35. The van der Waals surface area contributed by atoms with Crippen molar-refractivity contribution in [3.63, 3.8) is 0 Å². The van der Waals surface area contributed by atoms with Crippen molar-refractivity contribution in [3.05, 3.63) is 40.4 Å². The van der Waals surface area contributed by atoms with Crippen LogP contribution >= 0.6 is 11.6 Å². The topological polar surface area (TPSA) is 118 Å². The lowest BCUT2D eigenvalue weighted by molar-refractivity contribution is 0.0752. The van der Waals surface area contributed by atoms with Crippen LogP contribution in [0.2, 0.25) is 5.02 Å². The fourth-order valence-corrected chi connectivity index (χ4v) is 3.30. The standard InChI is InChI=1S/C17H17ClN6O2/c18-10-2-1-3-12-9(10)6-14(21-12)16-17(24-25)20-7-15(23-16)22-13-4-5-26-8-11(13)19/h1-3,6-7,11,13,21H,4-5,8,19H2,(H,22,23). The van der Waals surface area contributed by atoms with Crippen LogP contribution in [0.1, 0.15) is 6.42 Å². The molecule has 1 aliphatic rings. The van der Waals surface area contributed by atoms with Gasteiger partial charge in [0.2, 0.25) is 5.82 Å². The average Bonchev–Trinajstić information content (AvgIpc) is 3.09. The van der Waals surface area contributed by atoms with Crippen molar-refractivity contribution < 1.29 is 4.74 Å². The number of fused-ring (bicyclic) bond motifs is 1. The second kappa shape index (κ2) is 6.99. The molecule has 2 atom stereocenters. The maximum Gasteiger partial charge on any atom is 0.224 e. The molecular formula is C17H17ClN6O2. The Labute approximate surface area is 154 Å². The lowest BCUT2D eigenvalue weighted by Crippen LogP contribution is -2.47. The summed E-state index contributed by atoms with van der Waals surface area (Å²) in [5.74, 6) is 0.536. The fourth-order valence-electron chi connectivity index (χ4n) is 3.07. The lowest BCUT2D eigenvalue weighted by atomic mass is 10.0. The van der Waals surface area contributed by atoms with E-state index in [0.717, 1.165) is 17.3 Å². The monoisotopic (exact) mass is 372 g/mol. The Morgan fingerprint density at radius 1 is 1.42 bits per heavy atom. The quantitative estimate of drug-likeness (QED) is 0.605. The third-order valence-electron chi connectivity index (χ3n) is 4.44. The minimum Gasteiger partial charge on any atom is -0.380 e. The molecule has 26 heavy (non-hydrogen) atoms. The predicted octanol–water partition coefficient (Wildman–Crippen LogP) is 3.20. The number of nitrogens with two attached hydrogens (primary N) is 1. The molecule has 0 saturated carbocycles. The largest absolute Gasteiger partial charge is 0.380 e. The van der Waals surface area contributed by atoms with Gasteiger partial charge in [-0.15, -0.1) is 4.91 Å². The van der Waals surface area contributed by atoms with Gasteiger partial charge >= 0.3 is 0 Å². The van der Waals surface area contributed by atoms with Crippen LogP contribution in [0.25, 0.3) is 22.3 Å². The van der Waals surface area contributed by atoms with Crippen LogP contribution in [0.4, 0.5) is 11.6 Å². The van der Waals surface area contributed by atoms with Gasteiger partial charge in [0.05, 0.1) is 18.5 Å². The molecule has 2 unspecified atom stereocenters. The van der Waals surface area contributed by atoms with E-state index in [4.69, 9.17) is 22.1 Å². The van der Waals surface area contributed by atoms with Crippen LogP contribution in [0, 0.1) is 4.91 Å². The maximum atomic E-state index is 11.2. The van der Waals surface area contributed by atoms with Crippen LogP contribution in [-0.2, 0) is 4.74 Å². The van der Waals surface area contributed by atoms with Crippen LogP contribution < -0.4 is 11.1 Å². The first-order valence-electron chi connectivity index (χ1n) is 8.23. The lowest BCUT2D eigenvalue weighted by Gasteiger charge is -2.29. The molecule has 0 aliphatic carbocycles. The van der Waals surface area contributed by atoms with Crippen molar-refractivity contribution in [2.24, 2.45) is 10.9 Å². The van der Waals surface area contributed by atoms with E-state index in [0.29, 0.717) is 35.4 Å². The first kappa shape index (κ1) is 16.9. The smallest absolute Gasteiger partial charge is 0.224 e. The van der Waals surface area contributed by atoms with Crippen LogP contribution in [0.5, 0.6) is 0 Å². The zero-order chi connectivity index (χ0) is 18.1. The number of aromatic amines is 1. The van der Waals surface area contributed by atoms with Crippen LogP contribution in [-0.4, -0.2) is 40.2 Å². The van der Waals surface area contributed by atoms with E-state index >= 15 is 0 Å². The Balaban J connectivity index is 1.71. The Morgan fingerprint density at radius 3 is 3.08 bits per heavy atom. The number of rotatable bonds is 4. The number of hydrogen-bond donors (Lipinski definition) is 3. The first-order chi connectivity index (χ1) is 12.7. The Morgan fingerprint density at radius 2 is 2.31 bits per heavy atom. The molecule has 3 heterocycles. The minimum atomic E-state index is -0.134. The third-order valence-corrected chi connectivity index (χ3v) is 4.77. The molecule has 0 spiro atoms. The molecule has 8 nitrogen and oxygen atoms in total. The molecule has 4 N–H and O–H groups in total. The summed E-state index contributed by atoms with van der Waals surface area (Å²) in [6, 6.07) is 7.27. The van der Waals surface area contributed by atoms with Gasteiger partial charge in [-0.05, 0) is 29.8 Å². The second-order valence-corrected chi connectivity index (χ2v) is 6.59. The van der Waals surface area contributed by atoms with Crippen molar-refractivity contribution in [1.82, 2.24) is 15.0 Å². The highest BCUT2D eigenvalue weighted by Gasteiger charge is 2.23. The van der Waals surface area contributed by atoms with E-state index < -0.39 is 0 Å². The van der Waals surface area contributed by atoms with Gasteiger partial charge in [-0.25, -0.2) is 9.97 Å². The van der Waals surface area contributed by atoms with Crippen molar-refractivity contribution in [3.8, 4) is 11.4 Å². The number of nitroso groups, excluding NO2 is 1. The molecule has 0 bridgehead atoms. The van der Waals surface area contributed by atoms with Crippen molar-refractivity contribution in [1.29, 1.82) is 0 Å². The Kier molecular flexibility index (Phi) is 4.54. The third kappa shape index (κ3) is 3.14. The molecule has 4 rings (SSSR count). The summed E-state index contributed by atoms with van der Waals surface area (Å²) in [6.07, 6.45) is 2.26. The van der Waals surface area contributed by atoms with E-state index in [1.54, 1.807) is 6.07 Å². The van der Waals surface area contributed by atoms with E-state index in [1.165, 1.54) is 6.20 Å². The maximum absolute atomic E-state index is 11.2. The Hall–Kier alpha value is -2.55. The van der Waals surface area contributed by atoms with Gasteiger partial charge in [0.25, 0.3) is 0 Å². The van der Waals surface area contributed by atoms with Gasteiger partial charge in [0.1, 0.15) is 11.5 Å². The number of benzene rings is 1. The van der Waals surface area contributed by atoms with Crippen molar-refractivity contribution >= 4 is 34.1 Å². The molecule has 2 aromatic heterocycles. The van der Waals surface area contributed by atoms with Crippen molar-refractivity contribution in [2.75, 3.05) is 18.5 Å². The number of ether oxygens (including phenoxy) is 1. The highest BCUT2D eigenvalue weighted by atomic mass is 35.5. The van der Waals surface area contributed by atoms with Gasteiger partial charge in [0, 0.05) is 34.6 Å². The summed E-state index contributed by atoms with van der Waals surface area (Å²) in [7, 11) is 0. The van der Waals surface area contributed by atoms with Gasteiger partial charge in [0.15, 0.2) is 0 Å². The molecule has 0 radical (unpaired) electrons. The normalized spacial score (nSPS) is 20.2. The van der Waals surface area contributed by atoms with Gasteiger partial charge < -0.3 is 20.8 Å². The molecule has 0 amide bonds. The molecular weight excluding hydrogens is 356 g/mol. The van der Waals surface area contributed by atoms with Gasteiger partial charge in [-0.1, -0.05) is 17.7 Å². The summed E-state index contributed by atoms with van der Waals surface area (Å²) >= 11 is 6.23. The minimum absolute atomic E-state index is 0.00880. The Bertz CT molecular complexity index is 960. The van der Waals surface area contributed by atoms with E-state index in [1.807, 2.05) is 18.2 Å². The summed E-state index contributed by atoms with van der Waals surface area (Å²) in [4.78, 5) is 23.1. The number of anilines is 1. The molecule has 1 saturated heterocycles. The van der Waals surface area contributed by atoms with E-state index in [2.05, 4.69) is 25.4 Å². The molecule has 1 aromatic carbocycles. The molecule has 1 fully saturated rings. The zero-order valence-electron chi connectivity index (χ0n) is 13.8. The summed E-state index contributed by atoms with van der Waals surface area (Å²) in [5, 5.41) is 7.72. The molecule has 9 heteroatoms. The fraction of sp³-hybridized carbons (Fsp3) is 0.294. The molecule has 1 aliphatic heterocycles. The molecule has 3 aromatic rings. The number of nitrogens with one attached hydrogen (secondary N) is 2. The summed E-state index contributed by atoms with van der Waals surface area (Å²) in [5.41, 5.74) is 7.90.